The Morgan fingerprint density at radius 2 is 1.67 bits per heavy atom. The van der Waals surface area contributed by atoms with Crippen LogP contribution >= 0.6 is 0 Å². The summed E-state index contributed by atoms with van der Waals surface area (Å²) in [6.45, 7) is 8.21. The van der Waals surface area contributed by atoms with Crippen LogP contribution in [0.5, 0.6) is 0 Å². The summed E-state index contributed by atoms with van der Waals surface area (Å²) in [6.07, 6.45) is 0.358. The van der Waals surface area contributed by atoms with E-state index in [0.29, 0.717) is 6.42 Å². The molecule has 1 amide bonds. The minimum Gasteiger partial charge on any atom is -0.294 e. The molecular weight excluding hydrogens is 188 g/mol. The molecular formula is C12H18N2O. The number of rotatable bonds is 2. The molecule has 0 atom stereocenters. The highest BCUT2D eigenvalue weighted by Gasteiger charge is 2.11. The highest BCUT2D eigenvalue weighted by molar-refractivity contribution is 5.79. The average Bonchev–Trinajstić information content (AvgIpc) is 2.21. The van der Waals surface area contributed by atoms with Crippen LogP contribution in [0.3, 0.4) is 0 Å². The Labute approximate surface area is 90.6 Å². The van der Waals surface area contributed by atoms with Gasteiger partial charge in [0.2, 0.25) is 5.91 Å². The molecule has 0 fully saturated rings. The van der Waals surface area contributed by atoms with Crippen molar-refractivity contribution in [1.29, 1.82) is 0 Å². The zero-order valence-corrected chi connectivity index (χ0v) is 9.77. The van der Waals surface area contributed by atoms with Crippen LogP contribution in [-0.2, 0) is 11.2 Å². The number of benzene rings is 1. The fraction of sp³-hybridized carbons (Fsp3) is 0.417. The van der Waals surface area contributed by atoms with E-state index >= 15 is 0 Å². The van der Waals surface area contributed by atoms with Gasteiger partial charge in [-0.15, -0.1) is 0 Å². The molecule has 3 N–H and O–H groups in total. The van der Waals surface area contributed by atoms with Crippen LogP contribution in [0.4, 0.5) is 0 Å². The van der Waals surface area contributed by atoms with Crippen molar-refractivity contribution in [3.63, 3.8) is 0 Å². The van der Waals surface area contributed by atoms with E-state index in [1.807, 2.05) is 13.8 Å². The average molecular weight is 206 g/mol. The Morgan fingerprint density at radius 1 is 1.20 bits per heavy atom. The van der Waals surface area contributed by atoms with E-state index in [1.165, 1.54) is 22.3 Å². The van der Waals surface area contributed by atoms with Gasteiger partial charge in [-0.2, -0.15) is 0 Å². The first-order valence-corrected chi connectivity index (χ1v) is 5.03. The molecule has 1 rings (SSSR count). The Kier molecular flexibility index (Phi) is 3.48. The summed E-state index contributed by atoms with van der Waals surface area (Å²) >= 11 is 0. The lowest BCUT2D eigenvalue weighted by molar-refractivity contribution is -0.120. The second-order valence-corrected chi connectivity index (χ2v) is 3.98. The van der Waals surface area contributed by atoms with Crippen LogP contribution in [-0.4, -0.2) is 5.91 Å². The first-order chi connectivity index (χ1) is 6.97. The first-order valence-electron chi connectivity index (χ1n) is 5.03. The van der Waals surface area contributed by atoms with Crippen LogP contribution in [0.2, 0.25) is 0 Å². The van der Waals surface area contributed by atoms with Gasteiger partial charge >= 0.3 is 0 Å². The highest BCUT2D eigenvalue weighted by atomic mass is 16.2. The summed E-state index contributed by atoms with van der Waals surface area (Å²) in [4.78, 5) is 11.3. The maximum atomic E-state index is 11.3. The SMILES string of the molecule is Cc1cc(C)c(C)c(CC(=O)NN)c1C. The van der Waals surface area contributed by atoms with Gasteiger partial charge in [0, 0.05) is 0 Å². The van der Waals surface area contributed by atoms with Gasteiger partial charge in [0.1, 0.15) is 0 Å². The van der Waals surface area contributed by atoms with E-state index in [0.717, 1.165) is 5.56 Å². The van der Waals surface area contributed by atoms with Crippen LogP contribution < -0.4 is 11.3 Å². The molecule has 1 aromatic carbocycles. The minimum absolute atomic E-state index is 0.147. The zero-order chi connectivity index (χ0) is 11.6. The molecule has 0 heterocycles. The van der Waals surface area contributed by atoms with Crippen molar-refractivity contribution in [2.45, 2.75) is 34.1 Å². The molecule has 0 radical (unpaired) electrons. The quantitative estimate of drug-likeness (QED) is 0.437. The predicted molar refractivity (Wildman–Crippen MR) is 61.4 cm³/mol. The van der Waals surface area contributed by atoms with Crippen LogP contribution in [0.25, 0.3) is 0 Å². The molecule has 0 saturated heterocycles. The Balaban J connectivity index is 3.21. The van der Waals surface area contributed by atoms with E-state index in [-0.39, 0.29) is 5.91 Å². The summed E-state index contributed by atoms with van der Waals surface area (Å²) < 4.78 is 0. The number of hydrogen-bond acceptors (Lipinski definition) is 2. The second kappa shape index (κ2) is 4.45. The molecule has 0 spiro atoms. The van der Waals surface area contributed by atoms with Gasteiger partial charge in [-0.05, 0) is 55.5 Å². The lowest BCUT2D eigenvalue weighted by Crippen LogP contribution is -2.31. The van der Waals surface area contributed by atoms with Crippen molar-refractivity contribution in [1.82, 2.24) is 5.43 Å². The molecule has 3 nitrogen and oxygen atoms in total. The third-order valence-corrected chi connectivity index (χ3v) is 3.02. The normalized spacial score (nSPS) is 10.2. The molecule has 1 aromatic rings. The number of hydrogen-bond donors (Lipinski definition) is 2. The number of amides is 1. The van der Waals surface area contributed by atoms with Crippen LogP contribution in [0.1, 0.15) is 27.8 Å². The number of nitrogens with one attached hydrogen (secondary N) is 1. The Hall–Kier alpha value is -1.35. The fourth-order valence-electron chi connectivity index (χ4n) is 1.78. The summed E-state index contributed by atoms with van der Waals surface area (Å²) in [5.74, 6) is 4.95. The van der Waals surface area contributed by atoms with Gasteiger partial charge in [-0.25, -0.2) is 5.84 Å². The van der Waals surface area contributed by atoms with Crippen molar-refractivity contribution < 1.29 is 4.79 Å². The van der Waals surface area contributed by atoms with Gasteiger partial charge in [0.25, 0.3) is 0 Å². The predicted octanol–water partition coefficient (Wildman–Crippen LogP) is 1.45. The number of carbonyl (C=O) groups is 1. The number of nitrogens with two attached hydrogens (primary N) is 1. The van der Waals surface area contributed by atoms with Gasteiger partial charge < -0.3 is 0 Å². The lowest BCUT2D eigenvalue weighted by Gasteiger charge is -2.14. The largest absolute Gasteiger partial charge is 0.294 e. The topological polar surface area (TPSA) is 55.1 Å². The van der Waals surface area contributed by atoms with E-state index in [2.05, 4.69) is 25.3 Å². The van der Waals surface area contributed by atoms with Crippen molar-refractivity contribution in [2.75, 3.05) is 0 Å². The molecule has 0 saturated carbocycles. The summed E-state index contributed by atoms with van der Waals surface area (Å²) in [7, 11) is 0. The molecule has 15 heavy (non-hydrogen) atoms. The third-order valence-electron chi connectivity index (χ3n) is 3.02. The van der Waals surface area contributed by atoms with E-state index in [1.54, 1.807) is 0 Å². The number of hydrazine groups is 1. The standard InChI is InChI=1S/C12H18N2O/c1-7-5-8(2)10(4)11(9(7)3)6-12(15)14-13/h5H,6,13H2,1-4H3,(H,14,15). The highest BCUT2D eigenvalue weighted by Crippen LogP contribution is 2.21. The molecule has 0 aliphatic heterocycles. The van der Waals surface area contributed by atoms with Gasteiger partial charge in [0.15, 0.2) is 0 Å². The zero-order valence-electron chi connectivity index (χ0n) is 9.77. The van der Waals surface area contributed by atoms with Crippen LogP contribution in [0.15, 0.2) is 6.07 Å². The van der Waals surface area contributed by atoms with Gasteiger partial charge in [-0.1, -0.05) is 6.07 Å². The molecule has 0 aliphatic carbocycles. The maximum absolute atomic E-state index is 11.3. The van der Waals surface area contributed by atoms with E-state index < -0.39 is 0 Å². The van der Waals surface area contributed by atoms with E-state index in [4.69, 9.17) is 5.84 Å². The van der Waals surface area contributed by atoms with Crippen molar-refractivity contribution in [2.24, 2.45) is 5.84 Å². The summed E-state index contributed by atoms with van der Waals surface area (Å²) in [5, 5.41) is 0. The Bertz CT molecular complexity index is 371. The Morgan fingerprint density at radius 3 is 2.07 bits per heavy atom. The van der Waals surface area contributed by atoms with Crippen molar-refractivity contribution in [3.05, 3.63) is 33.9 Å². The lowest BCUT2D eigenvalue weighted by atomic mass is 9.92. The summed E-state index contributed by atoms with van der Waals surface area (Å²) in [6, 6.07) is 2.15. The molecule has 0 unspecified atom stereocenters. The third kappa shape index (κ3) is 2.36. The maximum Gasteiger partial charge on any atom is 0.238 e. The number of carbonyl (C=O) groups excluding carboxylic acids is 1. The smallest absolute Gasteiger partial charge is 0.238 e. The molecule has 0 aromatic heterocycles. The van der Waals surface area contributed by atoms with Gasteiger partial charge in [-0.3, -0.25) is 10.2 Å². The molecule has 0 bridgehead atoms. The van der Waals surface area contributed by atoms with Crippen molar-refractivity contribution >= 4 is 5.91 Å². The monoisotopic (exact) mass is 206 g/mol. The molecule has 82 valence electrons. The molecule has 0 aliphatic rings. The number of aryl methyl sites for hydroxylation is 2. The van der Waals surface area contributed by atoms with E-state index in [9.17, 15) is 4.79 Å². The molecule has 3 heteroatoms. The second-order valence-electron chi connectivity index (χ2n) is 3.98. The summed E-state index contributed by atoms with van der Waals surface area (Å²) in [5.41, 5.74) is 8.07. The van der Waals surface area contributed by atoms with Crippen LogP contribution in [0, 0.1) is 27.7 Å². The van der Waals surface area contributed by atoms with Gasteiger partial charge in [0.05, 0.1) is 6.42 Å². The first kappa shape index (κ1) is 11.7. The van der Waals surface area contributed by atoms with Crippen molar-refractivity contribution in [3.8, 4) is 0 Å². The fourth-order valence-corrected chi connectivity index (χ4v) is 1.78. The minimum atomic E-state index is -0.147.